The molecule has 0 fully saturated rings. The topological polar surface area (TPSA) is 86.9 Å². The molecule has 8 nitrogen and oxygen atoms in total. The van der Waals surface area contributed by atoms with Gasteiger partial charge in [0.1, 0.15) is 6.61 Å². The van der Waals surface area contributed by atoms with Crippen LogP contribution in [0.3, 0.4) is 0 Å². The van der Waals surface area contributed by atoms with Crippen molar-refractivity contribution in [3.63, 3.8) is 0 Å². The zero-order chi connectivity index (χ0) is 26.0. The molecular formula is C29H31N3O5. The monoisotopic (exact) mass is 501 g/mol. The Morgan fingerprint density at radius 3 is 2.35 bits per heavy atom. The predicted molar refractivity (Wildman–Crippen MR) is 139 cm³/mol. The Hall–Kier alpha value is -4.17. The van der Waals surface area contributed by atoms with E-state index in [1.807, 2.05) is 73.7 Å². The first kappa shape index (κ1) is 25.9. The van der Waals surface area contributed by atoms with Crippen LogP contribution in [0, 0.1) is 0 Å². The van der Waals surface area contributed by atoms with Gasteiger partial charge in [0.15, 0.2) is 11.5 Å². The number of hydrogen-bond acceptors (Lipinski definition) is 7. The molecule has 37 heavy (non-hydrogen) atoms. The van der Waals surface area contributed by atoms with E-state index in [1.165, 1.54) is 0 Å². The number of carbonyl (C=O) groups excluding carboxylic acids is 1. The molecule has 4 aromatic rings. The molecule has 0 radical (unpaired) electrons. The molecule has 3 aromatic carbocycles. The van der Waals surface area contributed by atoms with Gasteiger partial charge in [0.2, 0.25) is 17.6 Å². The van der Waals surface area contributed by atoms with Crippen LogP contribution in [0.5, 0.6) is 11.5 Å². The lowest BCUT2D eigenvalue weighted by molar-refractivity contribution is -0.138. The van der Waals surface area contributed by atoms with Crippen LogP contribution in [-0.2, 0) is 22.6 Å². The first-order chi connectivity index (χ1) is 18.1. The Bertz CT molecular complexity index is 1280. The van der Waals surface area contributed by atoms with E-state index in [0.29, 0.717) is 42.8 Å². The fourth-order valence-electron chi connectivity index (χ4n) is 4.02. The highest BCUT2D eigenvalue weighted by Crippen LogP contribution is 2.31. The summed E-state index contributed by atoms with van der Waals surface area (Å²) in [5, 5.41) is 4.12. The van der Waals surface area contributed by atoms with E-state index in [1.54, 1.807) is 31.3 Å². The summed E-state index contributed by atoms with van der Waals surface area (Å²) >= 11 is 0. The first-order valence-corrected chi connectivity index (χ1v) is 12.1. The lowest BCUT2D eigenvalue weighted by Crippen LogP contribution is -2.37. The van der Waals surface area contributed by atoms with Crippen molar-refractivity contribution in [1.29, 1.82) is 0 Å². The molecule has 0 saturated carbocycles. The maximum atomic E-state index is 13.2. The highest BCUT2D eigenvalue weighted by Gasteiger charge is 2.23. The van der Waals surface area contributed by atoms with Gasteiger partial charge in [-0.25, -0.2) is 0 Å². The third-order valence-electron chi connectivity index (χ3n) is 6.08. The summed E-state index contributed by atoms with van der Waals surface area (Å²) in [6.45, 7) is 2.76. The van der Waals surface area contributed by atoms with Crippen molar-refractivity contribution in [2.45, 2.75) is 26.0 Å². The Balaban J connectivity index is 1.44. The largest absolute Gasteiger partial charge is 0.493 e. The second kappa shape index (κ2) is 12.7. The summed E-state index contributed by atoms with van der Waals surface area (Å²) in [6.07, 6.45) is 0.405. The minimum absolute atomic E-state index is 0.0210. The van der Waals surface area contributed by atoms with Gasteiger partial charge in [-0.05, 0) is 36.2 Å². The van der Waals surface area contributed by atoms with Crippen molar-refractivity contribution in [3.8, 4) is 22.9 Å². The fourth-order valence-corrected chi connectivity index (χ4v) is 4.02. The number of carbonyl (C=O) groups is 1. The smallest absolute Gasteiger partial charge is 0.249 e. The van der Waals surface area contributed by atoms with Gasteiger partial charge in [0.05, 0.1) is 26.9 Å². The number of rotatable bonds is 12. The Morgan fingerprint density at radius 2 is 1.65 bits per heavy atom. The number of hydrogen-bond donors (Lipinski definition) is 0. The number of methoxy groups -OCH3 is 2. The molecule has 0 saturated heterocycles. The number of benzene rings is 3. The highest BCUT2D eigenvalue weighted by atomic mass is 16.5. The minimum Gasteiger partial charge on any atom is -0.493 e. The molecule has 1 atom stereocenters. The van der Waals surface area contributed by atoms with Crippen molar-refractivity contribution < 1.29 is 23.5 Å². The van der Waals surface area contributed by atoms with E-state index < -0.39 is 0 Å². The van der Waals surface area contributed by atoms with E-state index >= 15 is 0 Å². The average molecular weight is 502 g/mol. The Morgan fingerprint density at radius 1 is 0.946 bits per heavy atom. The highest BCUT2D eigenvalue weighted by molar-refractivity contribution is 5.78. The van der Waals surface area contributed by atoms with Gasteiger partial charge in [-0.3, -0.25) is 4.79 Å². The van der Waals surface area contributed by atoms with Crippen molar-refractivity contribution >= 4 is 5.91 Å². The summed E-state index contributed by atoms with van der Waals surface area (Å²) < 4.78 is 21.9. The van der Waals surface area contributed by atoms with E-state index in [2.05, 4.69) is 10.1 Å². The van der Waals surface area contributed by atoms with Crippen LogP contribution in [0.2, 0.25) is 0 Å². The molecule has 8 heteroatoms. The number of amides is 1. The normalized spacial score (nSPS) is 11.6. The molecule has 0 aliphatic heterocycles. The second-order valence-electron chi connectivity index (χ2n) is 8.48. The molecule has 0 aliphatic rings. The van der Waals surface area contributed by atoms with E-state index in [-0.39, 0.29) is 18.6 Å². The SMILES string of the molecule is COc1ccc(-c2noc(CCN(C(=O)COCc3ccccc3)[C@H](C)c3ccccc3)n2)cc1OC. The van der Waals surface area contributed by atoms with Gasteiger partial charge >= 0.3 is 0 Å². The fraction of sp³-hybridized carbons (Fsp3) is 0.276. The lowest BCUT2D eigenvalue weighted by atomic mass is 10.1. The van der Waals surface area contributed by atoms with Crippen LogP contribution < -0.4 is 9.47 Å². The minimum atomic E-state index is -0.151. The van der Waals surface area contributed by atoms with Crippen LogP contribution in [0.1, 0.15) is 30.0 Å². The predicted octanol–water partition coefficient (Wildman–Crippen LogP) is 5.10. The van der Waals surface area contributed by atoms with Crippen molar-refractivity contribution in [2.24, 2.45) is 0 Å². The molecule has 0 aliphatic carbocycles. The van der Waals surface area contributed by atoms with Crippen molar-refractivity contribution in [3.05, 3.63) is 95.9 Å². The first-order valence-electron chi connectivity index (χ1n) is 12.1. The Labute approximate surface area is 216 Å². The summed E-state index contributed by atoms with van der Waals surface area (Å²) in [4.78, 5) is 19.6. The second-order valence-corrected chi connectivity index (χ2v) is 8.48. The van der Waals surface area contributed by atoms with Gasteiger partial charge in [0, 0.05) is 18.5 Å². The zero-order valence-corrected chi connectivity index (χ0v) is 21.3. The van der Waals surface area contributed by atoms with E-state index in [4.69, 9.17) is 18.7 Å². The molecule has 1 aromatic heterocycles. The summed E-state index contributed by atoms with van der Waals surface area (Å²) in [5.74, 6) is 1.97. The molecule has 0 spiro atoms. The van der Waals surface area contributed by atoms with Gasteiger partial charge in [0.25, 0.3) is 0 Å². The molecule has 1 amide bonds. The van der Waals surface area contributed by atoms with Crippen LogP contribution in [0.4, 0.5) is 0 Å². The number of ether oxygens (including phenoxy) is 3. The molecule has 192 valence electrons. The quantitative estimate of drug-likeness (QED) is 0.267. The van der Waals surface area contributed by atoms with Gasteiger partial charge in [-0.15, -0.1) is 0 Å². The Kier molecular flexibility index (Phi) is 8.89. The third kappa shape index (κ3) is 6.74. The number of aromatic nitrogens is 2. The van der Waals surface area contributed by atoms with E-state index in [0.717, 1.165) is 16.7 Å². The summed E-state index contributed by atoms with van der Waals surface area (Å²) in [6, 6.07) is 25.0. The molecule has 1 heterocycles. The van der Waals surface area contributed by atoms with Crippen LogP contribution >= 0.6 is 0 Å². The van der Waals surface area contributed by atoms with Crippen LogP contribution in [-0.4, -0.2) is 48.3 Å². The van der Waals surface area contributed by atoms with E-state index in [9.17, 15) is 4.79 Å². The third-order valence-corrected chi connectivity index (χ3v) is 6.08. The van der Waals surface area contributed by atoms with Gasteiger partial charge < -0.3 is 23.6 Å². The maximum Gasteiger partial charge on any atom is 0.249 e. The van der Waals surface area contributed by atoms with Crippen molar-refractivity contribution in [2.75, 3.05) is 27.4 Å². The van der Waals surface area contributed by atoms with Gasteiger partial charge in [-0.2, -0.15) is 4.98 Å². The standard InChI is InChI=1S/C29H31N3O5/c1-21(23-12-8-5-9-13-23)32(28(33)20-36-19-22-10-6-4-7-11-22)17-16-27-30-29(31-37-27)24-14-15-25(34-2)26(18-24)35-3/h4-15,18,21H,16-17,19-20H2,1-3H3/t21-/m1/s1. The summed E-state index contributed by atoms with van der Waals surface area (Å²) in [5.41, 5.74) is 2.80. The molecule has 4 rings (SSSR count). The van der Waals surface area contributed by atoms with Crippen LogP contribution in [0.15, 0.2) is 83.4 Å². The lowest BCUT2D eigenvalue weighted by Gasteiger charge is -2.29. The molecular weight excluding hydrogens is 470 g/mol. The molecule has 0 N–H and O–H groups in total. The average Bonchev–Trinajstić information content (AvgIpc) is 3.42. The maximum absolute atomic E-state index is 13.2. The number of nitrogens with zero attached hydrogens (tertiary/aromatic N) is 3. The van der Waals surface area contributed by atoms with Crippen LogP contribution in [0.25, 0.3) is 11.4 Å². The summed E-state index contributed by atoms with van der Waals surface area (Å²) in [7, 11) is 3.16. The van der Waals surface area contributed by atoms with Crippen molar-refractivity contribution in [1.82, 2.24) is 15.0 Å². The molecule has 0 unspecified atom stereocenters. The van der Waals surface area contributed by atoms with Gasteiger partial charge in [-0.1, -0.05) is 65.8 Å². The molecule has 0 bridgehead atoms. The zero-order valence-electron chi connectivity index (χ0n) is 21.3.